The lowest BCUT2D eigenvalue weighted by Gasteiger charge is -2.35. The van der Waals surface area contributed by atoms with Gasteiger partial charge in [0.2, 0.25) is 0 Å². The van der Waals surface area contributed by atoms with Crippen molar-refractivity contribution in [2.24, 2.45) is 5.92 Å². The summed E-state index contributed by atoms with van der Waals surface area (Å²) in [6, 6.07) is 1.73. The smallest absolute Gasteiger partial charge is 0.0480 e. The van der Waals surface area contributed by atoms with Crippen molar-refractivity contribution in [2.45, 2.75) is 57.0 Å². The van der Waals surface area contributed by atoms with Gasteiger partial charge in [-0.2, -0.15) is 0 Å². The van der Waals surface area contributed by atoms with E-state index in [1.807, 2.05) is 0 Å². The molecule has 2 aliphatic heterocycles. The zero-order valence-corrected chi connectivity index (χ0v) is 11.6. The Balaban J connectivity index is 1.56. The summed E-state index contributed by atoms with van der Waals surface area (Å²) in [4.78, 5) is 2.87. The van der Waals surface area contributed by atoms with Crippen LogP contribution in [0.2, 0.25) is 0 Å². The number of nitrogens with zero attached hydrogens (tertiary/aromatic N) is 1. The molecule has 1 unspecified atom stereocenters. The van der Waals surface area contributed by atoms with Crippen molar-refractivity contribution in [3.8, 4) is 0 Å². The largest absolute Gasteiger partial charge is 0.381 e. The fraction of sp³-hybridized carbons (Fsp3) is 1.00. The predicted molar refractivity (Wildman–Crippen MR) is 73.8 cm³/mol. The Hall–Kier alpha value is -0.120. The summed E-state index contributed by atoms with van der Waals surface area (Å²) in [5.74, 6) is 0.941. The van der Waals surface area contributed by atoms with E-state index in [0.29, 0.717) is 0 Å². The lowest BCUT2D eigenvalue weighted by molar-refractivity contribution is 0.111. The van der Waals surface area contributed by atoms with Crippen LogP contribution in [0.1, 0.15) is 44.9 Å². The van der Waals surface area contributed by atoms with Crippen LogP contribution in [-0.2, 0) is 4.74 Å². The highest BCUT2D eigenvalue weighted by Gasteiger charge is 2.35. The van der Waals surface area contributed by atoms with Gasteiger partial charge in [0.25, 0.3) is 0 Å². The van der Waals surface area contributed by atoms with Crippen LogP contribution in [0, 0.1) is 5.92 Å². The molecule has 104 valence electrons. The van der Waals surface area contributed by atoms with Crippen LogP contribution in [0.15, 0.2) is 0 Å². The van der Waals surface area contributed by atoms with Gasteiger partial charge in [0.1, 0.15) is 0 Å². The number of rotatable bonds is 4. The van der Waals surface area contributed by atoms with E-state index in [2.05, 4.69) is 10.2 Å². The van der Waals surface area contributed by atoms with Crippen LogP contribution >= 0.6 is 0 Å². The molecule has 1 aliphatic carbocycles. The van der Waals surface area contributed by atoms with E-state index < -0.39 is 0 Å². The van der Waals surface area contributed by atoms with Gasteiger partial charge >= 0.3 is 0 Å². The van der Waals surface area contributed by atoms with Gasteiger partial charge in [0.05, 0.1) is 0 Å². The highest BCUT2D eigenvalue weighted by Crippen LogP contribution is 2.33. The second-order valence-corrected chi connectivity index (χ2v) is 6.32. The van der Waals surface area contributed by atoms with Crippen LogP contribution < -0.4 is 5.32 Å². The number of nitrogens with one attached hydrogen (secondary N) is 1. The number of ether oxygens (including phenoxy) is 1. The molecule has 3 fully saturated rings. The summed E-state index contributed by atoms with van der Waals surface area (Å²) >= 11 is 0. The molecule has 0 aromatic heterocycles. The molecule has 1 saturated carbocycles. The lowest BCUT2D eigenvalue weighted by atomic mass is 9.95. The molecule has 2 saturated heterocycles. The summed E-state index contributed by atoms with van der Waals surface area (Å²) in [5, 5.41) is 3.48. The van der Waals surface area contributed by atoms with Crippen LogP contribution in [0.25, 0.3) is 0 Å². The molecule has 0 aromatic rings. The third-order valence-electron chi connectivity index (χ3n) is 4.83. The maximum absolute atomic E-state index is 5.63. The maximum Gasteiger partial charge on any atom is 0.0480 e. The van der Waals surface area contributed by atoms with Crippen LogP contribution in [0.4, 0.5) is 0 Å². The number of piperidine rings is 1. The molecule has 2 heterocycles. The molecule has 1 atom stereocenters. The first-order chi connectivity index (χ1) is 8.93. The Labute approximate surface area is 111 Å². The third-order valence-corrected chi connectivity index (χ3v) is 4.83. The first kappa shape index (κ1) is 12.9. The molecule has 3 heteroatoms. The van der Waals surface area contributed by atoms with E-state index in [0.717, 1.165) is 31.2 Å². The summed E-state index contributed by atoms with van der Waals surface area (Å²) in [7, 11) is 0. The SMILES string of the molecule is C1COCCC(N(CC2CCNCC2)C2CC2)C1. The first-order valence-electron chi connectivity index (χ1n) is 7.97. The van der Waals surface area contributed by atoms with Crippen molar-refractivity contribution in [1.82, 2.24) is 10.2 Å². The number of hydrogen-bond acceptors (Lipinski definition) is 3. The van der Waals surface area contributed by atoms with Crippen molar-refractivity contribution in [1.29, 1.82) is 0 Å². The summed E-state index contributed by atoms with van der Waals surface area (Å²) in [5.41, 5.74) is 0. The molecule has 0 spiro atoms. The van der Waals surface area contributed by atoms with Crippen molar-refractivity contribution >= 4 is 0 Å². The van der Waals surface area contributed by atoms with Crippen LogP contribution in [0.5, 0.6) is 0 Å². The van der Waals surface area contributed by atoms with E-state index in [1.54, 1.807) is 0 Å². The minimum absolute atomic E-state index is 0.815. The zero-order valence-electron chi connectivity index (χ0n) is 11.6. The molecule has 0 bridgehead atoms. The molecule has 3 nitrogen and oxygen atoms in total. The Morgan fingerprint density at radius 3 is 2.44 bits per heavy atom. The zero-order chi connectivity index (χ0) is 12.2. The second kappa shape index (κ2) is 6.36. The summed E-state index contributed by atoms with van der Waals surface area (Å²) < 4.78 is 5.63. The fourth-order valence-electron chi connectivity index (χ4n) is 3.58. The Morgan fingerprint density at radius 1 is 0.889 bits per heavy atom. The standard InChI is InChI=1S/C15H28N2O/c1-2-14(7-11-18-10-1)17(15-3-4-15)12-13-5-8-16-9-6-13/h13-16H,1-12H2. The van der Waals surface area contributed by atoms with E-state index in [9.17, 15) is 0 Å². The van der Waals surface area contributed by atoms with Crippen molar-refractivity contribution in [3.05, 3.63) is 0 Å². The van der Waals surface area contributed by atoms with Crippen LogP contribution in [0.3, 0.4) is 0 Å². The topological polar surface area (TPSA) is 24.5 Å². The molecule has 1 N–H and O–H groups in total. The molecule has 0 radical (unpaired) electrons. The Kier molecular flexibility index (Phi) is 4.55. The number of hydrogen-bond donors (Lipinski definition) is 1. The fourth-order valence-corrected chi connectivity index (χ4v) is 3.58. The Morgan fingerprint density at radius 2 is 1.67 bits per heavy atom. The van der Waals surface area contributed by atoms with Gasteiger partial charge in [-0.15, -0.1) is 0 Å². The van der Waals surface area contributed by atoms with Gasteiger partial charge in [-0.1, -0.05) is 0 Å². The minimum atomic E-state index is 0.815. The summed E-state index contributed by atoms with van der Waals surface area (Å²) in [6.07, 6.45) is 9.55. The second-order valence-electron chi connectivity index (χ2n) is 6.32. The van der Waals surface area contributed by atoms with Crippen molar-refractivity contribution < 1.29 is 4.74 Å². The van der Waals surface area contributed by atoms with Crippen molar-refractivity contribution in [3.63, 3.8) is 0 Å². The van der Waals surface area contributed by atoms with Gasteiger partial charge in [-0.3, -0.25) is 4.90 Å². The van der Waals surface area contributed by atoms with Gasteiger partial charge in [-0.25, -0.2) is 0 Å². The quantitative estimate of drug-likeness (QED) is 0.828. The highest BCUT2D eigenvalue weighted by atomic mass is 16.5. The average Bonchev–Trinajstić information content (AvgIpc) is 3.24. The average molecular weight is 252 g/mol. The molecule has 0 amide bonds. The lowest BCUT2D eigenvalue weighted by Crippen LogP contribution is -2.43. The molecular weight excluding hydrogens is 224 g/mol. The predicted octanol–water partition coefficient (Wildman–Crippen LogP) is 2.02. The monoisotopic (exact) mass is 252 g/mol. The highest BCUT2D eigenvalue weighted by molar-refractivity contribution is 4.90. The van der Waals surface area contributed by atoms with Gasteiger partial charge < -0.3 is 10.1 Å². The van der Waals surface area contributed by atoms with Gasteiger partial charge in [0.15, 0.2) is 0 Å². The molecule has 18 heavy (non-hydrogen) atoms. The van der Waals surface area contributed by atoms with E-state index >= 15 is 0 Å². The van der Waals surface area contributed by atoms with Crippen molar-refractivity contribution in [2.75, 3.05) is 32.8 Å². The van der Waals surface area contributed by atoms with E-state index in [4.69, 9.17) is 4.74 Å². The summed E-state index contributed by atoms with van der Waals surface area (Å²) in [6.45, 7) is 5.80. The van der Waals surface area contributed by atoms with E-state index in [-0.39, 0.29) is 0 Å². The van der Waals surface area contributed by atoms with Gasteiger partial charge in [-0.05, 0) is 64.0 Å². The van der Waals surface area contributed by atoms with E-state index in [1.165, 1.54) is 64.6 Å². The minimum Gasteiger partial charge on any atom is -0.381 e. The molecule has 3 rings (SSSR count). The molecular formula is C15H28N2O. The maximum atomic E-state index is 5.63. The Bertz CT molecular complexity index is 241. The van der Waals surface area contributed by atoms with Crippen LogP contribution in [-0.4, -0.2) is 49.8 Å². The third kappa shape index (κ3) is 3.46. The molecule has 3 aliphatic rings. The molecule has 0 aromatic carbocycles. The normalized spacial score (nSPS) is 31.5. The van der Waals surface area contributed by atoms with Gasteiger partial charge in [0, 0.05) is 31.8 Å². The first-order valence-corrected chi connectivity index (χ1v) is 7.97.